The molecule has 1 fully saturated rings. The Morgan fingerprint density at radius 2 is 1.96 bits per heavy atom. The predicted molar refractivity (Wildman–Crippen MR) is 95.3 cm³/mol. The smallest absolute Gasteiger partial charge is 0.226 e. The molecule has 1 heterocycles. The van der Waals surface area contributed by atoms with Gasteiger partial charge in [0, 0.05) is 31.6 Å². The molecule has 1 aliphatic rings. The summed E-state index contributed by atoms with van der Waals surface area (Å²) in [6.07, 6.45) is 0.547. The second-order valence-electron chi connectivity index (χ2n) is 6.02. The minimum absolute atomic E-state index is 0.0207. The molecule has 0 radical (unpaired) electrons. The van der Waals surface area contributed by atoms with Gasteiger partial charge in [0.15, 0.2) is 9.84 Å². The van der Waals surface area contributed by atoms with Crippen molar-refractivity contribution < 1.29 is 22.7 Å². The molecule has 138 valence electrons. The van der Waals surface area contributed by atoms with E-state index in [0.717, 1.165) is 5.75 Å². The third-order valence-corrected chi connectivity index (χ3v) is 5.83. The number of nitrogens with zero attached hydrogens (tertiary/aromatic N) is 1. The Kier molecular flexibility index (Phi) is 6.41. The fraction of sp³-hybridized carbons (Fsp3) is 0.529. The van der Waals surface area contributed by atoms with Gasteiger partial charge in [0.25, 0.3) is 0 Å². The predicted octanol–water partition coefficient (Wildman–Crippen LogP) is 1.45. The number of nitrogens with one attached hydrogen (secondary N) is 1. The lowest BCUT2D eigenvalue weighted by atomic mass is 10.2. The van der Waals surface area contributed by atoms with Crippen molar-refractivity contribution in [3.63, 3.8) is 0 Å². The van der Waals surface area contributed by atoms with Crippen LogP contribution in [0, 0.1) is 0 Å². The second kappa shape index (κ2) is 8.33. The van der Waals surface area contributed by atoms with Gasteiger partial charge in [-0.1, -0.05) is 0 Å². The number of benzene rings is 1. The highest BCUT2D eigenvalue weighted by atomic mass is 32.2. The molecule has 0 aliphatic carbocycles. The summed E-state index contributed by atoms with van der Waals surface area (Å²) in [5, 5.41) is 2.76. The van der Waals surface area contributed by atoms with Crippen LogP contribution in [0.15, 0.2) is 24.3 Å². The van der Waals surface area contributed by atoms with Crippen LogP contribution in [0.25, 0.3) is 0 Å². The number of rotatable bonds is 7. The van der Waals surface area contributed by atoms with Gasteiger partial charge in [0.1, 0.15) is 5.75 Å². The van der Waals surface area contributed by atoms with E-state index in [9.17, 15) is 18.0 Å². The van der Waals surface area contributed by atoms with Crippen LogP contribution in [0.5, 0.6) is 5.75 Å². The fourth-order valence-corrected chi connectivity index (χ4v) is 4.60. The first-order valence-corrected chi connectivity index (χ1v) is 10.1. The zero-order chi connectivity index (χ0) is 18.4. The highest BCUT2D eigenvalue weighted by Crippen LogP contribution is 2.19. The SMILES string of the molecule is CCOc1ccc(NC(=O)CCN(C(C)=O)C2CCS(=O)(=O)C2)cc1. The van der Waals surface area contributed by atoms with E-state index >= 15 is 0 Å². The topological polar surface area (TPSA) is 92.8 Å². The molecule has 1 aliphatic heterocycles. The van der Waals surface area contributed by atoms with Crippen molar-refractivity contribution in [2.45, 2.75) is 32.7 Å². The Labute approximate surface area is 148 Å². The monoisotopic (exact) mass is 368 g/mol. The van der Waals surface area contributed by atoms with Gasteiger partial charge >= 0.3 is 0 Å². The van der Waals surface area contributed by atoms with E-state index in [1.807, 2.05) is 6.92 Å². The van der Waals surface area contributed by atoms with E-state index in [-0.39, 0.29) is 42.3 Å². The summed E-state index contributed by atoms with van der Waals surface area (Å²) in [4.78, 5) is 25.4. The van der Waals surface area contributed by atoms with Gasteiger partial charge in [-0.05, 0) is 37.6 Å². The molecule has 0 aromatic heterocycles. The molecule has 0 spiro atoms. The van der Waals surface area contributed by atoms with Gasteiger partial charge in [0.05, 0.1) is 18.1 Å². The summed E-state index contributed by atoms with van der Waals surface area (Å²) in [6, 6.07) is 6.69. The summed E-state index contributed by atoms with van der Waals surface area (Å²) < 4.78 is 28.5. The normalized spacial score (nSPS) is 18.6. The van der Waals surface area contributed by atoms with Crippen molar-refractivity contribution in [3.8, 4) is 5.75 Å². The lowest BCUT2D eigenvalue weighted by Crippen LogP contribution is -2.41. The van der Waals surface area contributed by atoms with Crippen LogP contribution in [0.1, 0.15) is 26.7 Å². The molecule has 1 saturated heterocycles. The molecule has 1 aromatic carbocycles. The van der Waals surface area contributed by atoms with Crippen molar-refractivity contribution in [2.24, 2.45) is 0 Å². The first-order valence-electron chi connectivity index (χ1n) is 8.31. The van der Waals surface area contributed by atoms with Crippen molar-refractivity contribution in [1.29, 1.82) is 0 Å². The molecule has 1 atom stereocenters. The zero-order valence-corrected chi connectivity index (χ0v) is 15.3. The number of amides is 2. The minimum Gasteiger partial charge on any atom is -0.494 e. The van der Waals surface area contributed by atoms with Crippen LogP contribution in [0.3, 0.4) is 0 Å². The molecule has 2 rings (SSSR count). The molecular weight excluding hydrogens is 344 g/mol. The number of carbonyl (C=O) groups excluding carboxylic acids is 2. The Morgan fingerprint density at radius 1 is 1.28 bits per heavy atom. The first-order chi connectivity index (χ1) is 11.8. The van der Waals surface area contributed by atoms with Gasteiger partial charge in [-0.3, -0.25) is 9.59 Å². The number of ether oxygens (including phenoxy) is 1. The first kappa shape index (κ1) is 19.2. The molecule has 25 heavy (non-hydrogen) atoms. The van der Waals surface area contributed by atoms with Crippen molar-refractivity contribution in [2.75, 3.05) is 30.0 Å². The van der Waals surface area contributed by atoms with Crippen LogP contribution < -0.4 is 10.1 Å². The maximum absolute atomic E-state index is 12.1. The van der Waals surface area contributed by atoms with Crippen molar-refractivity contribution >= 4 is 27.3 Å². The fourth-order valence-electron chi connectivity index (χ4n) is 2.86. The number of carbonyl (C=O) groups is 2. The van der Waals surface area contributed by atoms with Crippen molar-refractivity contribution in [3.05, 3.63) is 24.3 Å². The van der Waals surface area contributed by atoms with Gasteiger partial charge in [-0.2, -0.15) is 0 Å². The van der Waals surface area contributed by atoms with Crippen molar-refractivity contribution in [1.82, 2.24) is 4.90 Å². The van der Waals surface area contributed by atoms with Crippen LogP contribution in [-0.4, -0.2) is 55.8 Å². The molecule has 8 heteroatoms. The second-order valence-corrected chi connectivity index (χ2v) is 8.25. The average Bonchev–Trinajstić information content (AvgIpc) is 2.89. The summed E-state index contributed by atoms with van der Waals surface area (Å²) in [6.45, 7) is 4.07. The van der Waals surface area contributed by atoms with Gasteiger partial charge in [-0.25, -0.2) is 8.42 Å². The van der Waals surface area contributed by atoms with E-state index in [2.05, 4.69) is 5.32 Å². The zero-order valence-electron chi connectivity index (χ0n) is 14.5. The Bertz CT molecular complexity index is 715. The molecule has 2 amide bonds. The molecular formula is C17H24N2O5S. The highest BCUT2D eigenvalue weighted by molar-refractivity contribution is 7.91. The summed E-state index contributed by atoms with van der Waals surface area (Å²) in [5.74, 6) is 0.366. The van der Waals surface area contributed by atoms with E-state index in [4.69, 9.17) is 4.74 Å². The molecule has 7 nitrogen and oxygen atoms in total. The highest BCUT2D eigenvalue weighted by Gasteiger charge is 2.33. The maximum atomic E-state index is 12.1. The van der Waals surface area contributed by atoms with E-state index in [1.54, 1.807) is 24.3 Å². The third-order valence-electron chi connectivity index (χ3n) is 4.08. The Hall–Kier alpha value is -2.09. The molecule has 0 bridgehead atoms. The van der Waals surface area contributed by atoms with Gasteiger partial charge in [0.2, 0.25) is 11.8 Å². The van der Waals surface area contributed by atoms with Gasteiger partial charge < -0.3 is 15.0 Å². The van der Waals surface area contributed by atoms with E-state index in [1.165, 1.54) is 11.8 Å². The van der Waals surface area contributed by atoms with Crippen LogP contribution in [0.4, 0.5) is 5.69 Å². The molecule has 0 saturated carbocycles. The molecule has 1 N–H and O–H groups in total. The number of hydrogen-bond acceptors (Lipinski definition) is 5. The summed E-state index contributed by atoms with van der Waals surface area (Å²) >= 11 is 0. The average molecular weight is 368 g/mol. The molecule has 1 unspecified atom stereocenters. The summed E-state index contributed by atoms with van der Waals surface area (Å²) in [7, 11) is -3.08. The van der Waals surface area contributed by atoms with Crippen LogP contribution in [-0.2, 0) is 19.4 Å². The quantitative estimate of drug-likeness (QED) is 0.786. The Morgan fingerprint density at radius 3 is 2.48 bits per heavy atom. The van der Waals surface area contributed by atoms with Crippen LogP contribution >= 0.6 is 0 Å². The van der Waals surface area contributed by atoms with Crippen LogP contribution in [0.2, 0.25) is 0 Å². The minimum atomic E-state index is -3.08. The largest absolute Gasteiger partial charge is 0.494 e. The lowest BCUT2D eigenvalue weighted by Gasteiger charge is -2.26. The Balaban J connectivity index is 1.87. The maximum Gasteiger partial charge on any atom is 0.226 e. The number of anilines is 1. The molecule has 1 aromatic rings. The third kappa shape index (κ3) is 5.74. The number of sulfone groups is 1. The van der Waals surface area contributed by atoms with E-state index in [0.29, 0.717) is 18.7 Å². The summed E-state index contributed by atoms with van der Waals surface area (Å²) in [5.41, 5.74) is 0.645. The van der Waals surface area contributed by atoms with E-state index < -0.39 is 9.84 Å². The lowest BCUT2D eigenvalue weighted by molar-refractivity contribution is -0.131. The van der Waals surface area contributed by atoms with Gasteiger partial charge in [-0.15, -0.1) is 0 Å². The standard InChI is InChI=1S/C17H24N2O5S/c1-3-24-16-6-4-14(5-7-16)18-17(21)8-10-19(13(2)20)15-9-11-25(22,23)12-15/h4-7,15H,3,8-12H2,1-2H3,(H,18,21). The number of hydrogen-bond donors (Lipinski definition) is 1.